The number of rotatable bonds is 4. The summed E-state index contributed by atoms with van der Waals surface area (Å²) in [5, 5.41) is 17.7. The SMILES string of the molecule is CC(O)C(N)Cc1ccc(C(=O)O)o1. The highest BCUT2D eigenvalue weighted by Crippen LogP contribution is 2.10. The number of carboxylic acid groups (broad SMARTS) is 1. The monoisotopic (exact) mass is 199 g/mol. The van der Waals surface area contributed by atoms with E-state index < -0.39 is 18.1 Å². The lowest BCUT2D eigenvalue weighted by Gasteiger charge is -2.12. The first kappa shape index (κ1) is 10.7. The molecule has 0 aromatic carbocycles. The molecule has 0 amide bonds. The van der Waals surface area contributed by atoms with Gasteiger partial charge in [-0.05, 0) is 19.1 Å². The number of aliphatic hydroxyl groups is 1. The molecule has 0 saturated carbocycles. The Morgan fingerprint density at radius 2 is 2.29 bits per heavy atom. The molecule has 0 aliphatic heterocycles. The molecule has 0 bridgehead atoms. The van der Waals surface area contributed by atoms with Gasteiger partial charge in [-0.25, -0.2) is 4.79 Å². The van der Waals surface area contributed by atoms with Crippen LogP contribution in [0.5, 0.6) is 0 Å². The number of aliphatic hydroxyl groups excluding tert-OH is 1. The van der Waals surface area contributed by atoms with Crippen molar-refractivity contribution in [2.24, 2.45) is 5.73 Å². The van der Waals surface area contributed by atoms with Gasteiger partial charge in [0.1, 0.15) is 5.76 Å². The molecular formula is C9H13NO4. The van der Waals surface area contributed by atoms with E-state index >= 15 is 0 Å². The molecule has 0 aliphatic carbocycles. The van der Waals surface area contributed by atoms with Crippen LogP contribution >= 0.6 is 0 Å². The number of nitrogens with two attached hydrogens (primary N) is 1. The first-order valence-electron chi connectivity index (χ1n) is 4.26. The van der Waals surface area contributed by atoms with Gasteiger partial charge in [0.05, 0.1) is 6.10 Å². The maximum absolute atomic E-state index is 10.5. The smallest absolute Gasteiger partial charge is 0.371 e. The van der Waals surface area contributed by atoms with Gasteiger partial charge in [0.2, 0.25) is 5.76 Å². The molecule has 0 fully saturated rings. The predicted molar refractivity (Wildman–Crippen MR) is 49.0 cm³/mol. The largest absolute Gasteiger partial charge is 0.475 e. The van der Waals surface area contributed by atoms with Gasteiger partial charge < -0.3 is 20.4 Å². The van der Waals surface area contributed by atoms with Crippen LogP contribution in [0.2, 0.25) is 0 Å². The summed E-state index contributed by atoms with van der Waals surface area (Å²) in [5.74, 6) is -0.754. The Bertz CT molecular complexity index is 318. The average Bonchev–Trinajstić information content (AvgIpc) is 2.52. The van der Waals surface area contributed by atoms with Crippen LogP contribution in [0.4, 0.5) is 0 Å². The average molecular weight is 199 g/mol. The van der Waals surface area contributed by atoms with Crippen LogP contribution in [0.25, 0.3) is 0 Å². The summed E-state index contributed by atoms with van der Waals surface area (Å²) in [6, 6.07) is 2.47. The second-order valence-corrected chi connectivity index (χ2v) is 3.18. The minimum Gasteiger partial charge on any atom is -0.475 e. The number of hydrogen-bond acceptors (Lipinski definition) is 4. The van der Waals surface area contributed by atoms with Gasteiger partial charge in [-0.15, -0.1) is 0 Å². The molecule has 0 saturated heterocycles. The maximum Gasteiger partial charge on any atom is 0.371 e. The third kappa shape index (κ3) is 2.58. The zero-order valence-corrected chi connectivity index (χ0v) is 7.80. The quantitative estimate of drug-likeness (QED) is 0.644. The van der Waals surface area contributed by atoms with Crippen molar-refractivity contribution in [2.45, 2.75) is 25.5 Å². The van der Waals surface area contributed by atoms with Crippen molar-refractivity contribution in [3.05, 3.63) is 23.7 Å². The first-order valence-corrected chi connectivity index (χ1v) is 4.26. The van der Waals surface area contributed by atoms with E-state index in [1.165, 1.54) is 6.07 Å². The summed E-state index contributed by atoms with van der Waals surface area (Å²) in [6.07, 6.45) is -0.321. The van der Waals surface area contributed by atoms with E-state index in [-0.39, 0.29) is 5.76 Å². The summed E-state index contributed by atoms with van der Waals surface area (Å²) < 4.78 is 4.98. The second-order valence-electron chi connectivity index (χ2n) is 3.18. The molecule has 2 atom stereocenters. The highest BCUT2D eigenvalue weighted by Gasteiger charge is 2.14. The second kappa shape index (κ2) is 4.26. The lowest BCUT2D eigenvalue weighted by molar-refractivity contribution is 0.0659. The first-order chi connectivity index (χ1) is 6.50. The summed E-state index contributed by atoms with van der Waals surface area (Å²) >= 11 is 0. The zero-order chi connectivity index (χ0) is 10.7. The fourth-order valence-electron chi connectivity index (χ4n) is 1.01. The minimum atomic E-state index is -1.11. The zero-order valence-electron chi connectivity index (χ0n) is 7.80. The third-order valence-electron chi connectivity index (χ3n) is 1.93. The topological polar surface area (TPSA) is 96.7 Å². The molecule has 0 aliphatic rings. The highest BCUT2D eigenvalue weighted by molar-refractivity contribution is 5.84. The van der Waals surface area contributed by atoms with Crippen molar-refractivity contribution in [1.82, 2.24) is 0 Å². The Hall–Kier alpha value is -1.33. The standard InChI is InChI=1S/C9H13NO4/c1-5(11)7(10)4-6-2-3-8(14-6)9(12)13/h2-3,5,7,11H,4,10H2,1H3,(H,12,13). The Morgan fingerprint density at radius 3 is 2.71 bits per heavy atom. The van der Waals surface area contributed by atoms with Gasteiger partial charge in [-0.2, -0.15) is 0 Å². The number of hydrogen-bond donors (Lipinski definition) is 3. The molecule has 4 N–H and O–H groups in total. The summed E-state index contributed by atoms with van der Waals surface area (Å²) in [5.41, 5.74) is 5.58. The van der Waals surface area contributed by atoms with Crippen LogP contribution in [0.15, 0.2) is 16.5 Å². The number of aromatic carboxylic acids is 1. The summed E-state index contributed by atoms with van der Waals surface area (Å²) in [7, 11) is 0. The third-order valence-corrected chi connectivity index (χ3v) is 1.93. The number of carboxylic acids is 1. The predicted octanol–water partition coefficient (Wildman–Crippen LogP) is 0.228. The van der Waals surface area contributed by atoms with Crippen LogP contribution in [0.3, 0.4) is 0 Å². The molecule has 0 spiro atoms. The summed E-state index contributed by atoms with van der Waals surface area (Å²) in [4.78, 5) is 10.5. The van der Waals surface area contributed by atoms with Gasteiger partial charge in [0, 0.05) is 12.5 Å². The number of carbonyl (C=O) groups is 1. The van der Waals surface area contributed by atoms with E-state index in [9.17, 15) is 4.79 Å². The van der Waals surface area contributed by atoms with Crippen LogP contribution in [-0.2, 0) is 6.42 Å². The number of furan rings is 1. The Kier molecular flexibility index (Phi) is 3.27. The molecule has 78 valence electrons. The van der Waals surface area contributed by atoms with E-state index in [1.54, 1.807) is 13.0 Å². The van der Waals surface area contributed by atoms with Crippen LogP contribution in [0.1, 0.15) is 23.2 Å². The van der Waals surface area contributed by atoms with Crippen molar-refractivity contribution in [2.75, 3.05) is 0 Å². The van der Waals surface area contributed by atoms with E-state index in [0.29, 0.717) is 12.2 Å². The Morgan fingerprint density at radius 1 is 1.64 bits per heavy atom. The van der Waals surface area contributed by atoms with Crippen molar-refractivity contribution in [3.8, 4) is 0 Å². The molecule has 5 nitrogen and oxygen atoms in total. The van der Waals surface area contributed by atoms with Gasteiger partial charge in [0.25, 0.3) is 0 Å². The molecule has 1 aromatic heterocycles. The fraction of sp³-hybridized carbons (Fsp3) is 0.444. The normalized spacial score (nSPS) is 15.1. The molecule has 14 heavy (non-hydrogen) atoms. The fourth-order valence-corrected chi connectivity index (χ4v) is 1.01. The van der Waals surface area contributed by atoms with Gasteiger partial charge >= 0.3 is 5.97 Å². The minimum absolute atomic E-state index is 0.113. The molecule has 1 aromatic rings. The van der Waals surface area contributed by atoms with E-state index in [1.807, 2.05) is 0 Å². The Balaban J connectivity index is 2.64. The molecule has 1 rings (SSSR count). The van der Waals surface area contributed by atoms with Crippen LogP contribution in [-0.4, -0.2) is 28.3 Å². The lowest BCUT2D eigenvalue weighted by atomic mass is 10.1. The van der Waals surface area contributed by atoms with Crippen molar-refractivity contribution in [1.29, 1.82) is 0 Å². The molecule has 5 heteroatoms. The van der Waals surface area contributed by atoms with Crippen LogP contribution < -0.4 is 5.73 Å². The molecule has 2 unspecified atom stereocenters. The van der Waals surface area contributed by atoms with Gasteiger partial charge in [-0.1, -0.05) is 0 Å². The van der Waals surface area contributed by atoms with E-state index in [2.05, 4.69) is 0 Å². The molecular weight excluding hydrogens is 186 g/mol. The molecule has 0 radical (unpaired) electrons. The van der Waals surface area contributed by atoms with E-state index in [0.717, 1.165) is 0 Å². The lowest BCUT2D eigenvalue weighted by Crippen LogP contribution is -2.34. The Labute approximate surface area is 81.1 Å². The van der Waals surface area contributed by atoms with Gasteiger partial charge in [0.15, 0.2) is 0 Å². The van der Waals surface area contributed by atoms with Crippen molar-refractivity contribution in [3.63, 3.8) is 0 Å². The van der Waals surface area contributed by atoms with E-state index in [4.69, 9.17) is 20.4 Å². The van der Waals surface area contributed by atoms with Crippen molar-refractivity contribution >= 4 is 5.97 Å². The summed E-state index contributed by atoms with van der Waals surface area (Å²) in [6.45, 7) is 1.58. The highest BCUT2D eigenvalue weighted by atomic mass is 16.4. The van der Waals surface area contributed by atoms with Gasteiger partial charge in [-0.3, -0.25) is 0 Å². The maximum atomic E-state index is 10.5. The molecule has 1 heterocycles. The van der Waals surface area contributed by atoms with Crippen LogP contribution in [0, 0.1) is 0 Å². The van der Waals surface area contributed by atoms with Crippen molar-refractivity contribution < 1.29 is 19.4 Å².